The monoisotopic (exact) mass is 265 g/mol. The molecule has 1 aliphatic heterocycles. The highest BCUT2D eigenvalue weighted by Gasteiger charge is 2.29. The standard InChI is InChI=1S/C14H19NO2S/c1-17-12-10-6-5-7-11(10)18-13(12)14(16)15-8-3-2-4-9-15/h2-9H2,1H3. The summed E-state index contributed by atoms with van der Waals surface area (Å²) in [7, 11) is 1.69. The molecule has 0 unspecified atom stereocenters. The van der Waals surface area contributed by atoms with Crippen molar-refractivity contribution in [1.82, 2.24) is 4.90 Å². The molecule has 0 radical (unpaired) electrons. The van der Waals surface area contributed by atoms with E-state index in [1.54, 1.807) is 18.4 Å². The van der Waals surface area contributed by atoms with Gasteiger partial charge in [0.05, 0.1) is 7.11 Å². The predicted molar refractivity (Wildman–Crippen MR) is 72.7 cm³/mol. The van der Waals surface area contributed by atoms with Crippen molar-refractivity contribution >= 4 is 17.2 Å². The second-order valence-electron chi connectivity index (χ2n) is 5.07. The van der Waals surface area contributed by atoms with E-state index in [2.05, 4.69) is 0 Å². The van der Waals surface area contributed by atoms with Gasteiger partial charge in [0.25, 0.3) is 5.91 Å². The SMILES string of the molecule is COc1c(C(=O)N2CCCCC2)sc2c1CCC2. The number of rotatable bonds is 2. The number of likely N-dealkylation sites (tertiary alicyclic amines) is 1. The molecule has 1 saturated heterocycles. The minimum atomic E-state index is 0.186. The lowest BCUT2D eigenvalue weighted by Crippen LogP contribution is -2.35. The van der Waals surface area contributed by atoms with Crippen molar-refractivity contribution in [2.75, 3.05) is 20.2 Å². The minimum Gasteiger partial charge on any atom is -0.495 e. The highest BCUT2D eigenvalue weighted by molar-refractivity contribution is 7.14. The molecule has 1 aliphatic carbocycles. The van der Waals surface area contributed by atoms with Gasteiger partial charge >= 0.3 is 0 Å². The van der Waals surface area contributed by atoms with Gasteiger partial charge in [0, 0.05) is 23.5 Å². The summed E-state index contributed by atoms with van der Waals surface area (Å²) in [5.74, 6) is 1.05. The fourth-order valence-corrected chi connectivity index (χ4v) is 4.30. The van der Waals surface area contributed by atoms with Crippen LogP contribution in [0.5, 0.6) is 5.75 Å². The summed E-state index contributed by atoms with van der Waals surface area (Å²) in [6.45, 7) is 1.81. The summed E-state index contributed by atoms with van der Waals surface area (Å²) in [6, 6.07) is 0. The average Bonchev–Trinajstić information content (AvgIpc) is 2.98. The molecule has 1 amide bonds. The predicted octanol–water partition coefficient (Wildman–Crippen LogP) is 2.87. The maximum absolute atomic E-state index is 12.5. The fraction of sp³-hybridized carbons (Fsp3) is 0.643. The van der Waals surface area contributed by atoms with Gasteiger partial charge in [-0.15, -0.1) is 11.3 Å². The number of amides is 1. The Balaban J connectivity index is 1.89. The number of piperidine rings is 1. The molecule has 1 aromatic rings. The minimum absolute atomic E-state index is 0.186. The second kappa shape index (κ2) is 4.92. The summed E-state index contributed by atoms with van der Waals surface area (Å²) < 4.78 is 5.50. The van der Waals surface area contributed by atoms with Crippen molar-refractivity contribution in [3.05, 3.63) is 15.3 Å². The number of carbonyl (C=O) groups excluding carboxylic acids is 1. The number of nitrogens with zero attached hydrogens (tertiary/aromatic N) is 1. The highest BCUT2D eigenvalue weighted by Crippen LogP contribution is 2.41. The number of methoxy groups -OCH3 is 1. The first-order valence-corrected chi connectivity index (χ1v) is 7.60. The molecule has 4 heteroatoms. The third kappa shape index (κ3) is 1.92. The van der Waals surface area contributed by atoms with Gasteiger partial charge in [-0.2, -0.15) is 0 Å². The molecule has 0 aromatic carbocycles. The van der Waals surface area contributed by atoms with E-state index in [4.69, 9.17) is 4.74 Å². The molecule has 0 N–H and O–H groups in total. The third-order valence-electron chi connectivity index (χ3n) is 3.91. The summed E-state index contributed by atoms with van der Waals surface area (Å²) >= 11 is 1.66. The topological polar surface area (TPSA) is 29.5 Å². The number of fused-ring (bicyclic) bond motifs is 1. The van der Waals surface area contributed by atoms with Crippen LogP contribution in [0.1, 0.15) is 45.8 Å². The van der Waals surface area contributed by atoms with Crippen molar-refractivity contribution in [3.63, 3.8) is 0 Å². The van der Waals surface area contributed by atoms with E-state index in [-0.39, 0.29) is 5.91 Å². The van der Waals surface area contributed by atoms with E-state index in [9.17, 15) is 4.79 Å². The van der Waals surface area contributed by atoms with Crippen LogP contribution in [0.25, 0.3) is 0 Å². The van der Waals surface area contributed by atoms with Crippen LogP contribution in [-0.4, -0.2) is 31.0 Å². The zero-order chi connectivity index (χ0) is 12.5. The Kier molecular flexibility index (Phi) is 3.29. The fourth-order valence-electron chi connectivity index (χ4n) is 2.97. The van der Waals surface area contributed by atoms with E-state index >= 15 is 0 Å². The Morgan fingerprint density at radius 2 is 1.94 bits per heavy atom. The lowest BCUT2D eigenvalue weighted by molar-refractivity contribution is 0.0726. The van der Waals surface area contributed by atoms with Crippen molar-refractivity contribution in [2.45, 2.75) is 38.5 Å². The van der Waals surface area contributed by atoms with Crippen molar-refractivity contribution in [2.24, 2.45) is 0 Å². The third-order valence-corrected chi connectivity index (χ3v) is 5.18. The van der Waals surface area contributed by atoms with Gasteiger partial charge in [0.1, 0.15) is 10.6 Å². The van der Waals surface area contributed by atoms with Crippen molar-refractivity contribution in [1.29, 1.82) is 0 Å². The molecule has 1 aromatic heterocycles. The Bertz CT molecular complexity index is 461. The molecule has 0 spiro atoms. The second-order valence-corrected chi connectivity index (χ2v) is 6.18. The molecule has 98 valence electrons. The van der Waals surface area contributed by atoms with Gasteiger partial charge in [0.15, 0.2) is 0 Å². The van der Waals surface area contributed by atoms with Crippen LogP contribution < -0.4 is 4.74 Å². The van der Waals surface area contributed by atoms with E-state index in [1.807, 2.05) is 4.90 Å². The summed E-state index contributed by atoms with van der Waals surface area (Å²) in [5.41, 5.74) is 1.29. The molecule has 2 aliphatic rings. The van der Waals surface area contributed by atoms with E-state index < -0.39 is 0 Å². The Morgan fingerprint density at radius 3 is 2.67 bits per heavy atom. The van der Waals surface area contributed by atoms with Crippen LogP contribution >= 0.6 is 11.3 Å². The molecule has 0 atom stereocenters. The lowest BCUT2D eigenvalue weighted by atomic mass is 10.1. The summed E-state index contributed by atoms with van der Waals surface area (Å²) in [5, 5.41) is 0. The molecule has 3 rings (SSSR count). The van der Waals surface area contributed by atoms with Crippen molar-refractivity contribution < 1.29 is 9.53 Å². The maximum Gasteiger partial charge on any atom is 0.267 e. The van der Waals surface area contributed by atoms with E-state index in [0.29, 0.717) is 0 Å². The van der Waals surface area contributed by atoms with Crippen LogP contribution in [0.4, 0.5) is 0 Å². The number of aryl methyl sites for hydroxylation is 1. The Labute approximate surface area is 112 Å². The van der Waals surface area contributed by atoms with Crippen LogP contribution in [0, 0.1) is 0 Å². The van der Waals surface area contributed by atoms with Gasteiger partial charge in [-0.25, -0.2) is 0 Å². The Hall–Kier alpha value is -1.03. The molecule has 2 heterocycles. The molecule has 3 nitrogen and oxygen atoms in total. The van der Waals surface area contributed by atoms with Crippen LogP contribution in [-0.2, 0) is 12.8 Å². The van der Waals surface area contributed by atoms with Gasteiger partial charge in [-0.3, -0.25) is 4.79 Å². The molecule has 0 saturated carbocycles. The van der Waals surface area contributed by atoms with E-state index in [1.165, 1.54) is 23.3 Å². The summed E-state index contributed by atoms with van der Waals surface area (Å²) in [6.07, 6.45) is 6.92. The van der Waals surface area contributed by atoms with Gasteiger partial charge in [0.2, 0.25) is 0 Å². The van der Waals surface area contributed by atoms with Crippen LogP contribution in [0.15, 0.2) is 0 Å². The first kappa shape index (κ1) is 12.0. The number of ether oxygens (including phenoxy) is 1. The van der Waals surface area contributed by atoms with Crippen LogP contribution in [0.2, 0.25) is 0 Å². The number of carbonyl (C=O) groups is 1. The maximum atomic E-state index is 12.5. The lowest BCUT2D eigenvalue weighted by Gasteiger charge is -2.26. The highest BCUT2D eigenvalue weighted by atomic mass is 32.1. The molecular formula is C14H19NO2S. The molecule has 1 fully saturated rings. The van der Waals surface area contributed by atoms with Crippen LogP contribution in [0.3, 0.4) is 0 Å². The zero-order valence-corrected chi connectivity index (χ0v) is 11.6. The number of hydrogen-bond acceptors (Lipinski definition) is 3. The Morgan fingerprint density at radius 1 is 1.17 bits per heavy atom. The van der Waals surface area contributed by atoms with Crippen molar-refractivity contribution in [3.8, 4) is 5.75 Å². The average molecular weight is 265 g/mol. The first-order valence-electron chi connectivity index (χ1n) is 6.79. The normalized spacial score (nSPS) is 18.8. The molecule has 18 heavy (non-hydrogen) atoms. The quantitative estimate of drug-likeness (QED) is 0.823. The van der Waals surface area contributed by atoms with Gasteiger partial charge < -0.3 is 9.64 Å². The van der Waals surface area contributed by atoms with E-state index in [0.717, 1.165) is 49.4 Å². The zero-order valence-electron chi connectivity index (χ0n) is 10.8. The largest absolute Gasteiger partial charge is 0.495 e. The number of hydrogen-bond donors (Lipinski definition) is 0. The molecule has 0 bridgehead atoms. The number of thiophene rings is 1. The smallest absolute Gasteiger partial charge is 0.267 e. The van der Waals surface area contributed by atoms with Gasteiger partial charge in [-0.05, 0) is 38.5 Å². The first-order chi connectivity index (χ1) is 8.81. The molecular weight excluding hydrogens is 246 g/mol. The van der Waals surface area contributed by atoms with Gasteiger partial charge in [-0.1, -0.05) is 0 Å². The summed E-state index contributed by atoms with van der Waals surface area (Å²) in [4.78, 5) is 16.7.